The first-order chi connectivity index (χ1) is 15.6. The molecule has 7 nitrogen and oxygen atoms in total. The first kappa shape index (κ1) is 21.6. The summed E-state index contributed by atoms with van der Waals surface area (Å²) in [6.45, 7) is 6.27. The topological polar surface area (TPSA) is 70.7 Å². The molecule has 7 heteroatoms. The van der Waals surface area contributed by atoms with Gasteiger partial charge in [0.05, 0.1) is 18.3 Å². The lowest BCUT2D eigenvalue weighted by Crippen LogP contribution is -2.65. The fourth-order valence-corrected chi connectivity index (χ4v) is 5.85. The highest BCUT2D eigenvalue weighted by Crippen LogP contribution is 2.33. The molecule has 1 saturated heterocycles. The minimum absolute atomic E-state index is 0.0216. The van der Waals surface area contributed by atoms with Crippen LogP contribution < -0.4 is 5.32 Å². The van der Waals surface area contributed by atoms with Crippen molar-refractivity contribution in [1.29, 1.82) is 0 Å². The van der Waals surface area contributed by atoms with E-state index in [1.807, 2.05) is 28.5 Å². The molecule has 2 aromatic heterocycles. The number of hydrogen-bond acceptors (Lipinski definition) is 4. The summed E-state index contributed by atoms with van der Waals surface area (Å²) in [5.74, 6) is -0.0886. The predicted molar refractivity (Wildman–Crippen MR) is 124 cm³/mol. The Bertz CT molecular complexity index is 967. The fourth-order valence-electron chi connectivity index (χ4n) is 5.85. The highest BCUT2D eigenvalue weighted by atomic mass is 16.3. The molecule has 2 aliphatic heterocycles. The van der Waals surface area contributed by atoms with Gasteiger partial charge < -0.3 is 24.1 Å². The van der Waals surface area contributed by atoms with Crippen LogP contribution in [0.4, 0.5) is 0 Å². The van der Waals surface area contributed by atoms with Crippen LogP contribution in [-0.4, -0.2) is 63.9 Å². The largest absolute Gasteiger partial charge is 0.463 e. The van der Waals surface area contributed by atoms with Crippen molar-refractivity contribution in [1.82, 2.24) is 19.7 Å². The summed E-state index contributed by atoms with van der Waals surface area (Å²) in [7, 11) is 0. The average Bonchev–Trinajstić information content (AvgIpc) is 3.40. The molecule has 32 heavy (non-hydrogen) atoms. The van der Waals surface area contributed by atoms with Crippen molar-refractivity contribution in [2.75, 3.05) is 26.2 Å². The molecule has 0 unspecified atom stereocenters. The van der Waals surface area contributed by atoms with E-state index < -0.39 is 5.54 Å². The number of nitrogens with one attached hydrogen (secondary N) is 1. The quantitative estimate of drug-likeness (QED) is 0.742. The second-order valence-electron chi connectivity index (χ2n) is 10.1. The van der Waals surface area contributed by atoms with Gasteiger partial charge in [-0.25, -0.2) is 0 Å². The Kier molecular flexibility index (Phi) is 6.01. The molecule has 0 aromatic carbocycles. The number of likely N-dealkylation sites (tertiary alicyclic amines) is 1. The van der Waals surface area contributed by atoms with Crippen LogP contribution in [0.25, 0.3) is 11.1 Å². The fraction of sp³-hybridized carbons (Fsp3) is 0.680. The molecule has 5 rings (SSSR count). The van der Waals surface area contributed by atoms with Crippen LogP contribution in [0.1, 0.15) is 75.2 Å². The maximum atomic E-state index is 13.7. The first-order valence-corrected chi connectivity index (χ1v) is 12.5. The zero-order chi connectivity index (χ0) is 22.1. The summed E-state index contributed by atoms with van der Waals surface area (Å²) in [5, 5.41) is 3.30. The Balaban J connectivity index is 1.38. The van der Waals surface area contributed by atoms with E-state index in [-0.39, 0.29) is 17.9 Å². The SMILES string of the molecule is C[C@]1(C(=O)NC2CCCCC2)Cn2c(cc3occc32)C(=O)N1CCCN1CCCCC1. The van der Waals surface area contributed by atoms with Gasteiger partial charge in [-0.3, -0.25) is 9.59 Å². The smallest absolute Gasteiger partial charge is 0.271 e. The molecule has 0 bridgehead atoms. The van der Waals surface area contributed by atoms with E-state index in [0.717, 1.165) is 57.3 Å². The van der Waals surface area contributed by atoms with Gasteiger partial charge in [0.1, 0.15) is 11.2 Å². The number of amides is 2. The van der Waals surface area contributed by atoms with Crippen molar-refractivity contribution >= 4 is 22.9 Å². The van der Waals surface area contributed by atoms with Gasteiger partial charge in [-0.1, -0.05) is 25.7 Å². The van der Waals surface area contributed by atoms with Crippen molar-refractivity contribution < 1.29 is 14.0 Å². The van der Waals surface area contributed by atoms with Crippen LogP contribution in [0.15, 0.2) is 22.8 Å². The molecule has 0 spiro atoms. The van der Waals surface area contributed by atoms with Crippen molar-refractivity contribution in [3.63, 3.8) is 0 Å². The van der Waals surface area contributed by atoms with Crippen LogP contribution in [0.3, 0.4) is 0 Å². The van der Waals surface area contributed by atoms with E-state index in [4.69, 9.17) is 4.42 Å². The van der Waals surface area contributed by atoms with Gasteiger partial charge in [0.25, 0.3) is 5.91 Å². The van der Waals surface area contributed by atoms with Crippen molar-refractivity contribution in [3.8, 4) is 0 Å². The van der Waals surface area contributed by atoms with E-state index in [2.05, 4.69) is 10.2 Å². The summed E-state index contributed by atoms with van der Waals surface area (Å²) >= 11 is 0. The summed E-state index contributed by atoms with van der Waals surface area (Å²) in [4.78, 5) is 31.6. The summed E-state index contributed by atoms with van der Waals surface area (Å²) in [6.07, 6.45) is 12.0. The predicted octanol–water partition coefficient (Wildman–Crippen LogP) is 3.77. The summed E-state index contributed by atoms with van der Waals surface area (Å²) < 4.78 is 7.54. The monoisotopic (exact) mass is 440 g/mol. The van der Waals surface area contributed by atoms with Crippen LogP contribution in [-0.2, 0) is 11.3 Å². The van der Waals surface area contributed by atoms with Gasteiger partial charge in [0, 0.05) is 24.7 Å². The Morgan fingerprint density at radius 3 is 2.66 bits per heavy atom. The molecule has 3 aliphatic rings. The summed E-state index contributed by atoms with van der Waals surface area (Å²) in [6, 6.07) is 3.93. The Morgan fingerprint density at radius 2 is 1.88 bits per heavy atom. The van der Waals surface area contributed by atoms with E-state index in [1.54, 1.807) is 6.26 Å². The molecule has 174 valence electrons. The highest BCUT2D eigenvalue weighted by Gasteiger charge is 2.48. The minimum Gasteiger partial charge on any atom is -0.463 e. The Hall–Kier alpha value is -2.28. The number of aromatic nitrogens is 1. The lowest BCUT2D eigenvalue weighted by atomic mass is 9.91. The highest BCUT2D eigenvalue weighted by molar-refractivity contribution is 6.02. The lowest BCUT2D eigenvalue weighted by molar-refractivity contribution is -0.133. The molecular formula is C25H36N4O3. The molecule has 1 atom stereocenters. The first-order valence-electron chi connectivity index (χ1n) is 12.5. The number of piperidine rings is 1. The van der Waals surface area contributed by atoms with Crippen LogP contribution >= 0.6 is 0 Å². The Labute approximate surface area is 190 Å². The molecular weight excluding hydrogens is 404 g/mol. The molecule has 1 saturated carbocycles. The number of carbonyl (C=O) groups excluding carboxylic acids is 2. The number of nitrogens with zero attached hydrogens (tertiary/aromatic N) is 3. The van der Waals surface area contributed by atoms with E-state index >= 15 is 0 Å². The van der Waals surface area contributed by atoms with Gasteiger partial charge >= 0.3 is 0 Å². The molecule has 2 amide bonds. The molecule has 1 aliphatic carbocycles. The molecule has 0 radical (unpaired) electrons. The van der Waals surface area contributed by atoms with Gasteiger partial charge in [-0.05, 0) is 58.7 Å². The van der Waals surface area contributed by atoms with Crippen molar-refractivity contribution in [2.45, 2.75) is 82.8 Å². The van der Waals surface area contributed by atoms with E-state index in [9.17, 15) is 9.59 Å². The third-order valence-corrected chi connectivity index (χ3v) is 7.78. The molecule has 2 aromatic rings. The molecule has 1 N–H and O–H groups in total. The third-order valence-electron chi connectivity index (χ3n) is 7.78. The second kappa shape index (κ2) is 8.93. The van der Waals surface area contributed by atoms with Gasteiger partial charge in [0.15, 0.2) is 5.58 Å². The minimum atomic E-state index is -0.910. The van der Waals surface area contributed by atoms with Crippen molar-refractivity contribution in [3.05, 3.63) is 24.1 Å². The van der Waals surface area contributed by atoms with E-state index in [0.29, 0.717) is 24.4 Å². The molecule has 2 fully saturated rings. The standard InChI is InChI=1S/C25H36N4O3/c1-25(24(31)26-19-9-4-2-5-10-19)18-28-20-11-16-32-22(20)17-21(28)23(30)29(25)15-8-14-27-12-6-3-7-13-27/h11,16-17,19H,2-10,12-15,18H2,1H3,(H,26,31)/t25-/m1/s1. The summed E-state index contributed by atoms with van der Waals surface area (Å²) in [5.41, 5.74) is 1.31. The van der Waals surface area contributed by atoms with Crippen LogP contribution in [0, 0.1) is 0 Å². The number of rotatable bonds is 6. The Morgan fingerprint density at radius 1 is 1.12 bits per heavy atom. The zero-order valence-electron chi connectivity index (χ0n) is 19.3. The second-order valence-corrected chi connectivity index (χ2v) is 10.1. The zero-order valence-corrected chi connectivity index (χ0v) is 19.3. The van der Waals surface area contributed by atoms with Gasteiger partial charge in [-0.15, -0.1) is 0 Å². The number of furan rings is 1. The van der Waals surface area contributed by atoms with Crippen molar-refractivity contribution in [2.24, 2.45) is 0 Å². The third kappa shape index (κ3) is 3.96. The van der Waals surface area contributed by atoms with Gasteiger partial charge in [0.2, 0.25) is 5.91 Å². The maximum Gasteiger partial charge on any atom is 0.271 e. The maximum absolute atomic E-state index is 13.7. The number of carbonyl (C=O) groups is 2. The normalized spacial score (nSPS) is 25.3. The van der Waals surface area contributed by atoms with Crippen LogP contribution in [0.2, 0.25) is 0 Å². The molecule has 4 heterocycles. The number of hydrogen-bond donors (Lipinski definition) is 1. The lowest BCUT2D eigenvalue weighted by Gasteiger charge is -2.45. The van der Waals surface area contributed by atoms with E-state index in [1.165, 1.54) is 25.7 Å². The number of fused-ring (bicyclic) bond motifs is 3. The van der Waals surface area contributed by atoms with Crippen LogP contribution in [0.5, 0.6) is 0 Å². The van der Waals surface area contributed by atoms with Gasteiger partial charge in [-0.2, -0.15) is 0 Å². The average molecular weight is 441 g/mol.